The number of esters is 1. The smallest absolute Gasteiger partial charge is 0.340 e. The zero-order valence-electron chi connectivity index (χ0n) is 19.1. The van der Waals surface area contributed by atoms with Gasteiger partial charge in [-0.05, 0) is 63.4 Å². The molecule has 1 aromatic heterocycles. The van der Waals surface area contributed by atoms with Gasteiger partial charge in [0.2, 0.25) is 5.88 Å². The van der Waals surface area contributed by atoms with Gasteiger partial charge >= 0.3 is 5.97 Å². The Balaban J connectivity index is 1.33. The van der Waals surface area contributed by atoms with Gasteiger partial charge < -0.3 is 19.8 Å². The second-order valence-corrected chi connectivity index (χ2v) is 8.86. The Morgan fingerprint density at radius 2 is 1.85 bits per heavy atom. The monoisotopic (exact) mass is 448 g/mol. The van der Waals surface area contributed by atoms with E-state index in [1.165, 1.54) is 16.2 Å². The average Bonchev–Trinajstić information content (AvgIpc) is 3.09. The first-order valence-corrected chi connectivity index (χ1v) is 11.7. The number of benzene rings is 2. The van der Waals surface area contributed by atoms with Crippen LogP contribution in [0.4, 0.5) is 0 Å². The standard InChI is InChI=1S/C27H32N2O4/c1-20-17-25(30)29(26(20)31)24-14-6-5-13-23(24)27(32)33-19-22-12-8-16-28(18-22)15-7-11-21-9-3-2-4-10-21/h2-6,9-10,13-14,17,22,30-31H,7-8,11-12,15-16,18-19H2,1H3/t22-/m0/s1. The fraction of sp³-hybridized carbons (Fsp3) is 0.370. The molecule has 0 unspecified atom stereocenters. The highest BCUT2D eigenvalue weighted by Gasteiger charge is 2.23. The molecule has 2 N–H and O–H groups in total. The molecular formula is C27H32N2O4. The van der Waals surface area contributed by atoms with Gasteiger partial charge in [0, 0.05) is 24.1 Å². The third-order valence-electron chi connectivity index (χ3n) is 6.34. The molecule has 0 saturated carbocycles. The number of hydrogen-bond acceptors (Lipinski definition) is 5. The third kappa shape index (κ3) is 5.57. The van der Waals surface area contributed by atoms with E-state index >= 15 is 0 Å². The van der Waals surface area contributed by atoms with E-state index < -0.39 is 5.97 Å². The maximum atomic E-state index is 12.9. The zero-order chi connectivity index (χ0) is 23.2. The van der Waals surface area contributed by atoms with Crippen LogP contribution in [0.3, 0.4) is 0 Å². The number of carbonyl (C=O) groups excluding carboxylic acids is 1. The van der Waals surface area contributed by atoms with Gasteiger partial charge in [-0.2, -0.15) is 0 Å². The number of likely N-dealkylation sites (tertiary alicyclic amines) is 1. The van der Waals surface area contributed by atoms with Crippen LogP contribution in [0.1, 0.15) is 40.7 Å². The number of aromatic nitrogens is 1. The number of para-hydroxylation sites is 1. The van der Waals surface area contributed by atoms with Crippen molar-refractivity contribution in [2.24, 2.45) is 5.92 Å². The predicted molar refractivity (Wildman–Crippen MR) is 128 cm³/mol. The lowest BCUT2D eigenvalue weighted by molar-refractivity contribution is 0.0353. The van der Waals surface area contributed by atoms with E-state index in [-0.39, 0.29) is 11.8 Å². The zero-order valence-corrected chi connectivity index (χ0v) is 19.1. The molecule has 2 heterocycles. The highest BCUT2D eigenvalue weighted by Crippen LogP contribution is 2.32. The second kappa shape index (κ2) is 10.6. The second-order valence-electron chi connectivity index (χ2n) is 8.86. The summed E-state index contributed by atoms with van der Waals surface area (Å²) in [6.45, 7) is 5.13. The molecule has 4 rings (SSSR count). The summed E-state index contributed by atoms with van der Waals surface area (Å²) in [6, 6.07) is 18.9. The molecule has 0 spiro atoms. The van der Waals surface area contributed by atoms with E-state index in [1.54, 1.807) is 31.2 Å². The van der Waals surface area contributed by atoms with Crippen LogP contribution in [0.25, 0.3) is 5.69 Å². The minimum absolute atomic E-state index is 0.0915. The molecule has 1 aliphatic rings. The summed E-state index contributed by atoms with van der Waals surface area (Å²) in [7, 11) is 0. The van der Waals surface area contributed by atoms with Crippen molar-refractivity contribution in [3.63, 3.8) is 0 Å². The van der Waals surface area contributed by atoms with Crippen molar-refractivity contribution in [1.82, 2.24) is 9.47 Å². The summed E-state index contributed by atoms with van der Waals surface area (Å²) >= 11 is 0. The average molecular weight is 449 g/mol. The predicted octanol–water partition coefficient (Wildman–Crippen LogP) is 4.70. The SMILES string of the molecule is Cc1cc(O)n(-c2ccccc2C(=O)OC[C@H]2CCCN(CCCc3ccccc3)C2)c1O. The van der Waals surface area contributed by atoms with Gasteiger partial charge in [0.1, 0.15) is 0 Å². The lowest BCUT2D eigenvalue weighted by Gasteiger charge is -2.32. The molecule has 6 heteroatoms. The molecule has 0 bridgehead atoms. The summed E-state index contributed by atoms with van der Waals surface area (Å²) < 4.78 is 6.96. The molecule has 174 valence electrons. The van der Waals surface area contributed by atoms with Crippen LogP contribution in [0.2, 0.25) is 0 Å². The molecule has 3 aromatic rings. The largest absolute Gasteiger partial charge is 0.494 e. The summed E-state index contributed by atoms with van der Waals surface area (Å²) in [6.07, 6.45) is 4.34. The quantitative estimate of drug-likeness (QED) is 0.489. The van der Waals surface area contributed by atoms with Crippen molar-refractivity contribution in [2.75, 3.05) is 26.2 Å². The Morgan fingerprint density at radius 3 is 2.61 bits per heavy atom. The first-order valence-electron chi connectivity index (χ1n) is 11.7. The van der Waals surface area contributed by atoms with Gasteiger partial charge in [0.15, 0.2) is 5.88 Å². The molecule has 2 aromatic carbocycles. The molecule has 33 heavy (non-hydrogen) atoms. The Bertz CT molecular complexity index is 1080. The minimum atomic E-state index is -0.447. The lowest BCUT2D eigenvalue weighted by Crippen LogP contribution is -2.38. The first kappa shape index (κ1) is 22.9. The van der Waals surface area contributed by atoms with Crippen molar-refractivity contribution in [1.29, 1.82) is 0 Å². The maximum absolute atomic E-state index is 12.9. The normalized spacial score (nSPS) is 16.6. The number of nitrogens with zero attached hydrogens (tertiary/aromatic N) is 2. The van der Waals surface area contributed by atoms with Gasteiger partial charge in [0.25, 0.3) is 0 Å². The lowest BCUT2D eigenvalue weighted by atomic mass is 9.98. The highest BCUT2D eigenvalue weighted by molar-refractivity contribution is 5.93. The topological polar surface area (TPSA) is 74.9 Å². The van der Waals surface area contributed by atoms with Gasteiger partial charge in [-0.25, -0.2) is 4.79 Å². The van der Waals surface area contributed by atoms with Crippen LogP contribution in [-0.4, -0.2) is 51.9 Å². The van der Waals surface area contributed by atoms with Crippen molar-refractivity contribution >= 4 is 5.97 Å². The number of hydrogen-bond donors (Lipinski definition) is 2. The fourth-order valence-corrected chi connectivity index (χ4v) is 4.60. The van der Waals surface area contributed by atoms with Crippen molar-refractivity contribution in [2.45, 2.75) is 32.6 Å². The number of rotatable bonds is 8. The van der Waals surface area contributed by atoms with Crippen LogP contribution < -0.4 is 0 Å². The Morgan fingerprint density at radius 1 is 1.09 bits per heavy atom. The maximum Gasteiger partial charge on any atom is 0.340 e. The molecule has 1 atom stereocenters. The van der Waals surface area contributed by atoms with Crippen LogP contribution in [0.5, 0.6) is 11.8 Å². The van der Waals surface area contributed by atoms with Crippen LogP contribution >= 0.6 is 0 Å². The number of aromatic hydroxyl groups is 2. The van der Waals surface area contributed by atoms with E-state index in [0.29, 0.717) is 29.3 Å². The van der Waals surface area contributed by atoms with E-state index in [2.05, 4.69) is 29.2 Å². The molecule has 1 fully saturated rings. The van der Waals surface area contributed by atoms with Gasteiger partial charge in [-0.15, -0.1) is 0 Å². The van der Waals surface area contributed by atoms with E-state index in [1.807, 2.05) is 6.07 Å². The molecule has 1 saturated heterocycles. The van der Waals surface area contributed by atoms with Gasteiger partial charge in [0.05, 0.1) is 17.9 Å². The molecular weight excluding hydrogens is 416 g/mol. The van der Waals surface area contributed by atoms with Crippen molar-refractivity contribution < 1.29 is 19.7 Å². The van der Waals surface area contributed by atoms with Crippen molar-refractivity contribution in [3.8, 4) is 17.4 Å². The molecule has 0 aliphatic carbocycles. The highest BCUT2D eigenvalue weighted by atomic mass is 16.5. The molecule has 0 radical (unpaired) electrons. The number of aryl methyl sites for hydroxylation is 2. The van der Waals surface area contributed by atoms with E-state index in [0.717, 1.165) is 45.3 Å². The Hall–Kier alpha value is -3.25. The van der Waals surface area contributed by atoms with Crippen LogP contribution in [0, 0.1) is 12.8 Å². The number of ether oxygens (including phenoxy) is 1. The van der Waals surface area contributed by atoms with Gasteiger partial charge in [-0.1, -0.05) is 42.5 Å². The number of carbonyl (C=O) groups is 1. The summed E-state index contributed by atoms with van der Waals surface area (Å²) in [4.78, 5) is 15.4. The summed E-state index contributed by atoms with van der Waals surface area (Å²) in [5.41, 5.74) is 2.62. The molecule has 0 amide bonds. The molecule has 1 aliphatic heterocycles. The number of piperidine rings is 1. The van der Waals surface area contributed by atoms with E-state index in [9.17, 15) is 15.0 Å². The van der Waals surface area contributed by atoms with Gasteiger partial charge in [-0.3, -0.25) is 4.57 Å². The van der Waals surface area contributed by atoms with Crippen LogP contribution in [0.15, 0.2) is 60.7 Å². The first-order chi connectivity index (χ1) is 16.0. The van der Waals surface area contributed by atoms with E-state index in [4.69, 9.17) is 4.74 Å². The molecule has 6 nitrogen and oxygen atoms in total. The Labute approximate surface area is 195 Å². The van der Waals surface area contributed by atoms with Crippen LogP contribution in [-0.2, 0) is 11.2 Å². The van der Waals surface area contributed by atoms with Crippen molar-refractivity contribution in [3.05, 3.63) is 77.4 Å². The minimum Gasteiger partial charge on any atom is -0.494 e. The summed E-state index contributed by atoms with van der Waals surface area (Å²) in [5, 5.41) is 20.6. The fourth-order valence-electron chi connectivity index (χ4n) is 4.60. The Kier molecular flexibility index (Phi) is 7.35. The summed E-state index contributed by atoms with van der Waals surface area (Å²) in [5.74, 6) is -0.353. The third-order valence-corrected chi connectivity index (χ3v) is 6.34.